The molecule has 0 bridgehead atoms. The molecule has 25 heavy (non-hydrogen) atoms. The van der Waals surface area contributed by atoms with Crippen molar-refractivity contribution in [1.82, 2.24) is 9.69 Å². The van der Waals surface area contributed by atoms with Crippen LogP contribution >= 0.6 is 46.3 Å². The predicted octanol–water partition coefficient (Wildman–Crippen LogP) is 6.26. The van der Waals surface area contributed by atoms with E-state index in [2.05, 4.69) is 9.69 Å². The second kappa shape index (κ2) is 7.75. The summed E-state index contributed by atoms with van der Waals surface area (Å²) in [6.07, 6.45) is 0. The number of rotatable bonds is 4. The zero-order chi connectivity index (χ0) is 18.0. The van der Waals surface area contributed by atoms with Crippen LogP contribution in [0.4, 0.5) is 0 Å². The third-order valence-electron chi connectivity index (χ3n) is 3.74. The number of benzene rings is 2. The fourth-order valence-electron chi connectivity index (χ4n) is 2.35. The molecule has 128 valence electrons. The Hall–Kier alpha value is -1.59. The van der Waals surface area contributed by atoms with Crippen LogP contribution in [0.15, 0.2) is 48.5 Å². The van der Waals surface area contributed by atoms with Crippen LogP contribution in [0.1, 0.15) is 28.2 Å². The number of hydrogen-bond acceptors (Lipinski definition) is 3. The van der Waals surface area contributed by atoms with Crippen molar-refractivity contribution >= 4 is 52.2 Å². The summed E-state index contributed by atoms with van der Waals surface area (Å²) in [6, 6.07) is 15.5. The van der Waals surface area contributed by atoms with E-state index in [-0.39, 0.29) is 22.1 Å². The second-order valence-corrected chi connectivity index (χ2v) is 7.39. The maximum Gasteiger partial charge on any atom is 0.265 e. The minimum Gasteiger partial charge on any atom is -0.345 e. The van der Waals surface area contributed by atoms with Gasteiger partial charge in [0.05, 0.1) is 6.04 Å². The van der Waals surface area contributed by atoms with Crippen molar-refractivity contribution in [2.75, 3.05) is 0 Å². The smallest absolute Gasteiger partial charge is 0.265 e. The molecule has 1 N–H and O–H groups in total. The molecular formula is C18H13Cl3N2OS. The number of hydrogen-bond donors (Lipinski definition) is 1. The first-order valence-corrected chi connectivity index (χ1v) is 9.34. The zero-order valence-electron chi connectivity index (χ0n) is 13.1. The Bertz CT molecular complexity index is 892. The van der Waals surface area contributed by atoms with Crippen molar-refractivity contribution in [1.29, 1.82) is 0 Å². The molecule has 2 aromatic carbocycles. The molecule has 1 aromatic heterocycles. The Balaban J connectivity index is 1.72. The first-order chi connectivity index (χ1) is 12.0. The number of nitrogens with one attached hydrogen (secondary N) is 1. The maximum absolute atomic E-state index is 12.3. The number of aromatic nitrogens is 1. The summed E-state index contributed by atoms with van der Waals surface area (Å²) in [5, 5.41) is 3.95. The number of nitrogens with zero attached hydrogens (tertiary/aromatic N) is 1. The largest absolute Gasteiger partial charge is 0.345 e. The van der Waals surface area contributed by atoms with E-state index >= 15 is 0 Å². The molecule has 3 rings (SSSR count). The molecule has 0 aliphatic carbocycles. The Morgan fingerprint density at radius 3 is 2.08 bits per heavy atom. The summed E-state index contributed by atoms with van der Waals surface area (Å²) in [4.78, 5) is 12.6. The molecule has 0 aliphatic rings. The third-order valence-corrected chi connectivity index (χ3v) is 5.79. The third kappa shape index (κ3) is 4.15. The molecule has 0 spiro atoms. The molecule has 7 heteroatoms. The van der Waals surface area contributed by atoms with Gasteiger partial charge in [0.25, 0.3) is 5.91 Å². The van der Waals surface area contributed by atoms with Crippen LogP contribution in [-0.4, -0.2) is 10.3 Å². The van der Waals surface area contributed by atoms with E-state index in [1.54, 1.807) is 0 Å². The molecule has 1 atom stereocenters. The topological polar surface area (TPSA) is 42.0 Å². The minimum absolute atomic E-state index is 0.150. The quantitative estimate of drug-likeness (QED) is 0.550. The molecule has 3 nitrogen and oxygen atoms in total. The molecule has 0 radical (unpaired) electrons. The lowest BCUT2D eigenvalue weighted by atomic mass is 10.0. The predicted molar refractivity (Wildman–Crippen MR) is 105 cm³/mol. The van der Waals surface area contributed by atoms with Crippen molar-refractivity contribution in [3.8, 4) is 11.1 Å². The van der Waals surface area contributed by atoms with Crippen molar-refractivity contribution in [2.24, 2.45) is 0 Å². The van der Waals surface area contributed by atoms with Gasteiger partial charge in [0, 0.05) is 5.02 Å². The van der Waals surface area contributed by atoms with E-state index in [0.717, 1.165) is 28.2 Å². The van der Waals surface area contributed by atoms with E-state index in [4.69, 9.17) is 34.8 Å². The Labute approximate surface area is 164 Å². The first-order valence-electron chi connectivity index (χ1n) is 7.43. The monoisotopic (exact) mass is 410 g/mol. The average Bonchev–Trinajstić information content (AvgIpc) is 2.95. The summed E-state index contributed by atoms with van der Waals surface area (Å²) in [5.74, 6) is -0.288. The van der Waals surface area contributed by atoms with Gasteiger partial charge in [-0.2, -0.15) is 4.37 Å². The highest BCUT2D eigenvalue weighted by Crippen LogP contribution is 2.29. The van der Waals surface area contributed by atoms with Gasteiger partial charge >= 0.3 is 0 Å². The summed E-state index contributed by atoms with van der Waals surface area (Å²) >= 11 is 18.7. The fraction of sp³-hybridized carbons (Fsp3) is 0.111. The van der Waals surface area contributed by atoms with Crippen molar-refractivity contribution in [2.45, 2.75) is 13.0 Å². The van der Waals surface area contributed by atoms with E-state index in [9.17, 15) is 4.79 Å². The molecule has 0 fully saturated rings. The number of carbonyl (C=O) groups is 1. The molecule has 1 amide bonds. The normalized spacial score (nSPS) is 12.0. The van der Waals surface area contributed by atoms with Gasteiger partial charge in [-0.3, -0.25) is 4.79 Å². The molecular weight excluding hydrogens is 399 g/mol. The fourth-order valence-corrected chi connectivity index (χ4v) is 3.60. The Morgan fingerprint density at radius 1 is 1.00 bits per heavy atom. The lowest BCUT2D eigenvalue weighted by Crippen LogP contribution is -2.26. The van der Waals surface area contributed by atoms with Crippen LogP contribution in [0, 0.1) is 0 Å². The number of carbonyl (C=O) groups excluding carboxylic acids is 1. The number of halogens is 3. The first kappa shape index (κ1) is 18.2. The van der Waals surface area contributed by atoms with Gasteiger partial charge in [-0.25, -0.2) is 0 Å². The van der Waals surface area contributed by atoms with E-state index in [0.29, 0.717) is 9.90 Å². The molecule has 0 aliphatic heterocycles. The molecule has 0 saturated heterocycles. The van der Waals surface area contributed by atoms with Gasteiger partial charge in [0.2, 0.25) is 0 Å². The lowest BCUT2D eigenvalue weighted by Gasteiger charge is -2.14. The lowest BCUT2D eigenvalue weighted by molar-refractivity contribution is 0.0944. The average molecular weight is 412 g/mol. The van der Waals surface area contributed by atoms with Gasteiger partial charge in [0.1, 0.15) is 9.90 Å². The summed E-state index contributed by atoms with van der Waals surface area (Å²) in [5.41, 5.74) is 3.15. The molecule has 1 unspecified atom stereocenters. The van der Waals surface area contributed by atoms with Crippen LogP contribution < -0.4 is 5.32 Å². The van der Waals surface area contributed by atoms with Crippen LogP contribution in [0.2, 0.25) is 15.2 Å². The molecule has 0 saturated carbocycles. The van der Waals surface area contributed by atoms with E-state index in [1.807, 2.05) is 55.5 Å². The SMILES string of the molecule is CC(NC(=O)c1snc(Cl)c1Cl)c1ccc(-c2ccc(Cl)cc2)cc1. The highest BCUT2D eigenvalue weighted by molar-refractivity contribution is 7.09. The summed E-state index contributed by atoms with van der Waals surface area (Å²) < 4.78 is 3.87. The van der Waals surface area contributed by atoms with E-state index < -0.39 is 0 Å². The molecule has 1 heterocycles. The van der Waals surface area contributed by atoms with E-state index in [1.165, 1.54) is 0 Å². The maximum atomic E-state index is 12.3. The van der Waals surface area contributed by atoms with Crippen molar-refractivity contribution in [3.05, 3.63) is 74.2 Å². The highest BCUT2D eigenvalue weighted by Gasteiger charge is 2.19. The minimum atomic E-state index is -0.288. The van der Waals surface area contributed by atoms with Gasteiger partial charge in [0.15, 0.2) is 5.15 Å². The van der Waals surface area contributed by atoms with Crippen molar-refractivity contribution < 1.29 is 4.79 Å². The summed E-state index contributed by atoms with van der Waals surface area (Å²) in [6.45, 7) is 1.91. The zero-order valence-corrected chi connectivity index (χ0v) is 16.2. The van der Waals surface area contributed by atoms with Crippen LogP contribution in [0.5, 0.6) is 0 Å². The standard InChI is InChI=1S/C18H13Cl3N2OS/c1-10(22-18(24)16-15(20)17(21)23-25-16)11-2-4-12(5-3-11)13-6-8-14(19)9-7-13/h2-10H,1H3,(H,22,24). The van der Waals surface area contributed by atoms with Crippen molar-refractivity contribution in [3.63, 3.8) is 0 Å². The van der Waals surface area contributed by atoms with Crippen LogP contribution in [-0.2, 0) is 0 Å². The van der Waals surface area contributed by atoms with Gasteiger partial charge in [-0.1, -0.05) is 71.2 Å². The van der Waals surface area contributed by atoms with Gasteiger partial charge in [-0.05, 0) is 47.3 Å². The second-order valence-electron chi connectivity index (χ2n) is 5.44. The van der Waals surface area contributed by atoms with Gasteiger partial charge in [-0.15, -0.1) is 0 Å². The highest BCUT2D eigenvalue weighted by atomic mass is 35.5. The Kier molecular flexibility index (Phi) is 5.64. The van der Waals surface area contributed by atoms with Crippen LogP contribution in [0.3, 0.4) is 0 Å². The molecule has 3 aromatic rings. The summed E-state index contributed by atoms with van der Waals surface area (Å²) in [7, 11) is 0. The van der Waals surface area contributed by atoms with Crippen LogP contribution in [0.25, 0.3) is 11.1 Å². The Morgan fingerprint density at radius 2 is 1.56 bits per heavy atom. The number of amides is 1. The van der Waals surface area contributed by atoms with Gasteiger partial charge < -0.3 is 5.32 Å².